The van der Waals surface area contributed by atoms with Crippen molar-refractivity contribution in [3.63, 3.8) is 0 Å². The number of ether oxygens (including phenoxy) is 1. The Kier molecular flexibility index (Phi) is 5.83. The molecule has 0 atom stereocenters. The smallest absolute Gasteiger partial charge is 0.257 e. The van der Waals surface area contributed by atoms with Crippen molar-refractivity contribution in [2.45, 2.75) is 13.8 Å². The van der Waals surface area contributed by atoms with E-state index in [4.69, 9.17) is 4.74 Å². The van der Waals surface area contributed by atoms with Crippen molar-refractivity contribution in [1.29, 1.82) is 0 Å². The number of amides is 1. The highest BCUT2D eigenvalue weighted by atomic mass is 16.5. The van der Waals surface area contributed by atoms with Gasteiger partial charge >= 0.3 is 0 Å². The van der Waals surface area contributed by atoms with Crippen molar-refractivity contribution in [2.24, 2.45) is 5.41 Å². The first-order chi connectivity index (χ1) is 8.89. The summed E-state index contributed by atoms with van der Waals surface area (Å²) in [5, 5.41) is 2.91. The fourth-order valence-electron chi connectivity index (χ4n) is 1.97. The summed E-state index contributed by atoms with van der Waals surface area (Å²) in [4.78, 5) is 13.8. The van der Waals surface area contributed by atoms with Crippen LogP contribution in [0, 0.1) is 5.41 Å². The van der Waals surface area contributed by atoms with E-state index >= 15 is 0 Å². The second-order valence-corrected chi connectivity index (χ2v) is 5.78. The standard InChI is InChI=1S/C15H24N2O2/c1-15(2,12-17(3)4)11-16-14(18)10-19-13-8-6-5-7-9-13/h5-9H,10-12H2,1-4H3,(H,16,18). The van der Waals surface area contributed by atoms with E-state index in [0.717, 1.165) is 6.54 Å². The zero-order valence-electron chi connectivity index (χ0n) is 12.3. The largest absolute Gasteiger partial charge is 0.484 e. The minimum Gasteiger partial charge on any atom is -0.484 e. The number of hydrogen-bond acceptors (Lipinski definition) is 3. The maximum atomic E-state index is 11.7. The van der Waals surface area contributed by atoms with E-state index in [1.807, 2.05) is 44.4 Å². The fourth-order valence-corrected chi connectivity index (χ4v) is 1.97. The fraction of sp³-hybridized carbons (Fsp3) is 0.533. The van der Waals surface area contributed by atoms with Crippen LogP contribution in [0.4, 0.5) is 0 Å². The van der Waals surface area contributed by atoms with Crippen molar-refractivity contribution in [3.8, 4) is 5.75 Å². The first-order valence-corrected chi connectivity index (χ1v) is 6.48. The Morgan fingerprint density at radius 2 is 1.89 bits per heavy atom. The van der Waals surface area contributed by atoms with E-state index < -0.39 is 0 Å². The molecular formula is C15H24N2O2. The molecule has 0 bridgehead atoms. The quantitative estimate of drug-likeness (QED) is 0.816. The molecule has 1 amide bonds. The third-order valence-corrected chi connectivity index (χ3v) is 2.62. The monoisotopic (exact) mass is 264 g/mol. The molecule has 0 spiro atoms. The van der Waals surface area contributed by atoms with E-state index in [1.165, 1.54) is 0 Å². The van der Waals surface area contributed by atoms with Crippen LogP contribution in [0.15, 0.2) is 30.3 Å². The average Bonchev–Trinajstić information content (AvgIpc) is 2.34. The van der Waals surface area contributed by atoms with Crippen LogP contribution < -0.4 is 10.1 Å². The lowest BCUT2D eigenvalue weighted by atomic mass is 9.93. The summed E-state index contributed by atoms with van der Waals surface area (Å²) in [5.74, 6) is 0.626. The number of nitrogens with zero attached hydrogens (tertiary/aromatic N) is 1. The third-order valence-electron chi connectivity index (χ3n) is 2.62. The molecule has 0 aliphatic carbocycles. The lowest BCUT2D eigenvalue weighted by molar-refractivity contribution is -0.123. The second kappa shape index (κ2) is 7.14. The van der Waals surface area contributed by atoms with Gasteiger partial charge in [0.05, 0.1) is 0 Å². The number of nitrogens with one attached hydrogen (secondary N) is 1. The van der Waals surface area contributed by atoms with Crippen LogP contribution in [0.1, 0.15) is 13.8 Å². The van der Waals surface area contributed by atoms with Crippen LogP contribution in [-0.4, -0.2) is 44.6 Å². The van der Waals surface area contributed by atoms with Gasteiger partial charge in [0, 0.05) is 13.1 Å². The molecule has 19 heavy (non-hydrogen) atoms. The van der Waals surface area contributed by atoms with Gasteiger partial charge in [-0.2, -0.15) is 0 Å². The molecule has 1 aromatic carbocycles. The molecule has 0 aromatic heterocycles. The van der Waals surface area contributed by atoms with Gasteiger partial charge in [-0.1, -0.05) is 32.0 Å². The molecular weight excluding hydrogens is 240 g/mol. The van der Waals surface area contributed by atoms with Crippen molar-refractivity contribution >= 4 is 5.91 Å². The molecule has 0 saturated heterocycles. The Morgan fingerprint density at radius 3 is 2.47 bits per heavy atom. The molecule has 1 N–H and O–H groups in total. The summed E-state index contributed by atoms with van der Waals surface area (Å²) in [7, 11) is 4.06. The van der Waals surface area contributed by atoms with Crippen molar-refractivity contribution in [2.75, 3.05) is 33.8 Å². The van der Waals surface area contributed by atoms with E-state index in [-0.39, 0.29) is 17.9 Å². The average molecular weight is 264 g/mol. The Labute approximate surface area is 115 Å². The number of carbonyl (C=O) groups is 1. The number of benzene rings is 1. The van der Waals surface area contributed by atoms with Crippen LogP contribution in [0.3, 0.4) is 0 Å². The van der Waals surface area contributed by atoms with Gasteiger partial charge in [0.15, 0.2) is 6.61 Å². The number of hydrogen-bond donors (Lipinski definition) is 1. The van der Waals surface area contributed by atoms with Gasteiger partial charge in [-0.15, -0.1) is 0 Å². The topological polar surface area (TPSA) is 41.6 Å². The minimum absolute atomic E-state index is 0.0475. The second-order valence-electron chi connectivity index (χ2n) is 5.78. The van der Waals surface area contributed by atoms with Crippen LogP contribution >= 0.6 is 0 Å². The van der Waals surface area contributed by atoms with Gasteiger partial charge in [-0.05, 0) is 31.6 Å². The van der Waals surface area contributed by atoms with Gasteiger partial charge in [-0.3, -0.25) is 4.79 Å². The van der Waals surface area contributed by atoms with Crippen LogP contribution in [-0.2, 0) is 4.79 Å². The molecule has 4 heteroatoms. The lowest BCUT2D eigenvalue weighted by Crippen LogP contribution is -2.41. The van der Waals surface area contributed by atoms with E-state index in [2.05, 4.69) is 24.1 Å². The molecule has 0 aliphatic rings. The molecule has 0 saturated carbocycles. The molecule has 0 aliphatic heterocycles. The SMILES string of the molecule is CN(C)CC(C)(C)CNC(=O)COc1ccccc1. The Hall–Kier alpha value is -1.55. The predicted molar refractivity (Wildman–Crippen MR) is 77.3 cm³/mol. The molecule has 4 nitrogen and oxygen atoms in total. The van der Waals surface area contributed by atoms with E-state index in [0.29, 0.717) is 12.3 Å². The Balaban J connectivity index is 2.28. The van der Waals surface area contributed by atoms with Crippen LogP contribution in [0.25, 0.3) is 0 Å². The van der Waals surface area contributed by atoms with Gasteiger partial charge in [0.1, 0.15) is 5.75 Å². The Morgan fingerprint density at radius 1 is 1.26 bits per heavy atom. The molecule has 0 unspecified atom stereocenters. The zero-order valence-corrected chi connectivity index (χ0v) is 12.3. The van der Waals surface area contributed by atoms with E-state index in [9.17, 15) is 4.79 Å². The van der Waals surface area contributed by atoms with Gasteiger partial charge in [-0.25, -0.2) is 0 Å². The molecule has 106 valence electrons. The Bertz CT molecular complexity index is 388. The van der Waals surface area contributed by atoms with Crippen molar-refractivity contribution in [1.82, 2.24) is 10.2 Å². The number of para-hydroxylation sites is 1. The normalized spacial score (nSPS) is 11.4. The highest BCUT2D eigenvalue weighted by Crippen LogP contribution is 2.14. The molecule has 1 aromatic rings. The van der Waals surface area contributed by atoms with Crippen LogP contribution in [0.2, 0.25) is 0 Å². The first kappa shape index (κ1) is 15.5. The van der Waals surface area contributed by atoms with Gasteiger partial charge in [0.2, 0.25) is 0 Å². The molecule has 1 rings (SSSR count). The van der Waals surface area contributed by atoms with Gasteiger partial charge < -0.3 is 15.0 Å². The van der Waals surface area contributed by atoms with Crippen LogP contribution in [0.5, 0.6) is 5.75 Å². The summed E-state index contributed by atoms with van der Waals surface area (Å²) < 4.78 is 5.39. The highest BCUT2D eigenvalue weighted by molar-refractivity contribution is 5.77. The predicted octanol–water partition coefficient (Wildman–Crippen LogP) is 1.77. The number of carbonyl (C=O) groups excluding carboxylic acids is 1. The summed E-state index contributed by atoms with van der Waals surface area (Å²) in [6.45, 7) is 5.88. The summed E-state index contributed by atoms with van der Waals surface area (Å²) in [6.07, 6.45) is 0. The zero-order chi connectivity index (χ0) is 14.3. The molecule has 0 radical (unpaired) electrons. The van der Waals surface area contributed by atoms with Crippen molar-refractivity contribution in [3.05, 3.63) is 30.3 Å². The van der Waals surface area contributed by atoms with Gasteiger partial charge in [0.25, 0.3) is 5.91 Å². The first-order valence-electron chi connectivity index (χ1n) is 6.48. The third kappa shape index (κ3) is 6.82. The summed E-state index contributed by atoms with van der Waals surface area (Å²) in [6, 6.07) is 9.35. The lowest BCUT2D eigenvalue weighted by Gasteiger charge is -2.28. The number of rotatable bonds is 7. The maximum absolute atomic E-state index is 11.7. The maximum Gasteiger partial charge on any atom is 0.257 e. The molecule has 0 heterocycles. The summed E-state index contributed by atoms with van der Waals surface area (Å²) >= 11 is 0. The van der Waals surface area contributed by atoms with E-state index in [1.54, 1.807) is 0 Å². The molecule has 0 fully saturated rings. The minimum atomic E-state index is -0.0873. The highest BCUT2D eigenvalue weighted by Gasteiger charge is 2.19. The summed E-state index contributed by atoms with van der Waals surface area (Å²) in [5.41, 5.74) is 0.0475. The van der Waals surface area contributed by atoms with Crippen molar-refractivity contribution < 1.29 is 9.53 Å².